The van der Waals surface area contributed by atoms with Gasteiger partial charge < -0.3 is 9.15 Å². The molecular weight excluding hydrogens is 439 g/mol. The summed E-state index contributed by atoms with van der Waals surface area (Å²) in [5.74, 6) is -0.960. The summed E-state index contributed by atoms with van der Waals surface area (Å²) in [6.07, 6.45) is 0.154. The van der Waals surface area contributed by atoms with Crippen LogP contribution in [0.1, 0.15) is 18.6 Å². The van der Waals surface area contributed by atoms with Gasteiger partial charge in [-0.2, -0.15) is 0 Å². The van der Waals surface area contributed by atoms with Gasteiger partial charge in [0.1, 0.15) is 18.2 Å². The van der Waals surface area contributed by atoms with Gasteiger partial charge in [-0.25, -0.2) is 29.8 Å². The van der Waals surface area contributed by atoms with Crippen LogP contribution in [0.15, 0.2) is 50.8 Å². The third kappa shape index (κ3) is 5.88. The Morgan fingerprint density at radius 1 is 1.00 bits per heavy atom. The smallest absolute Gasteiger partial charge is 0.306 e. The summed E-state index contributed by atoms with van der Waals surface area (Å²) in [4.78, 5) is 11.8. The van der Waals surface area contributed by atoms with E-state index in [1.165, 1.54) is 45.4 Å². The lowest BCUT2D eigenvalue weighted by molar-refractivity contribution is -0.145. The zero-order valence-corrected chi connectivity index (χ0v) is 18.4. The van der Waals surface area contributed by atoms with Crippen molar-refractivity contribution in [3.8, 4) is 0 Å². The molecule has 0 bridgehead atoms. The van der Waals surface area contributed by atoms with E-state index in [1.54, 1.807) is 0 Å². The number of furan rings is 1. The van der Waals surface area contributed by atoms with Gasteiger partial charge in [-0.3, -0.25) is 4.79 Å². The van der Waals surface area contributed by atoms with Crippen molar-refractivity contribution in [1.82, 2.24) is 8.61 Å². The highest BCUT2D eigenvalue weighted by Crippen LogP contribution is 2.18. The Morgan fingerprint density at radius 3 is 2.23 bits per heavy atom. The molecule has 0 aliphatic rings. The predicted molar refractivity (Wildman–Crippen MR) is 105 cm³/mol. The molecule has 2 aromatic rings. The van der Waals surface area contributed by atoms with Gasteiger partial charge in [0.05, 0.1) is 4.90 Å². The number of carbonyl (C=O) groups is 1. The Labute approximate surface area is 175 Å². The van der Waals surface area contributed by atoms with Gasteiger partial charge in [-0.15, -0.1) is 0 Å². The number of hydrogen-bond acceptors (Lipinski definition) is 7. The molecule has 0 atom stereocenters. The fourth-order valence-electron chi connectivity index (χ4n) is 2.33. The van der Waals surface area contributed by atoms with E-state index in [-0.39, 0.29) is 41.7 Å². The Hall–Kier alpha value is -2.28. The van der Waals surface area contributed by atoms with Crippen molar-refractivity contribution in [3.63, 3.8) is 0 Å². The van der Waals surface area contributed by atoms with Crippen molar-refractivity contribution in [2.45, 2.75) is 29.4 Å². The lowest BCUT2D eigenvalue weighted by atomic mass is 10.3. The van der Waals surface area contributed by atoms with E-state index in [2.05, 4.69) is 0 Å². The molecule has 1 aromatic carbocycles. The molecule has 0 aliphatic heterocycles. The van der Waals surface area contributed by atoms with Crippen LogP contribution in [0.3, 0.4) is 0 Å². The SMILES string of the molecule is CN(C)S(=O)(=O)c1ccc(COC(=O)CCCN(C)S(=O)(=O)c2ccc(F)cc2)o1. The standard InChI is InChI=1S/C18H23FN2O7S2/c1-20(2)30(25,26)18-11-8-15(28-18)13-27-17(22)5-4-12-21(3)29(23,24)16-9-6-14(19)7-10-16/h6-11H,4-5,12-13H2,1-3H3. The highest BCUT2D eigenvalue weighted by Gasteiger charge is 2.22. The first-order chi connectivity index (χ1) is 13.9. The summed E-state index contributed by atoms with van der Waals surface area (Å²) in [5.41, 5.74) is 0. The van der Waals surface area contributed by atoms with Crippen LogP contribution in [0.4, 0.5) is 4.39 Å². The molecule has 1 aromatic heterocycles. The van der Waals surface area contributed by atoms with Crippen molar-refractivity contribution in [2.75, 3.05) is 27.7 Å². The molecule has 0 aliphatic carbocycles. The molecule has 30 heavy (non-hydrogen) atoms. The molecule has 166 valence electrons. The Balaban J connectivity index is 1.81. The van der Waals surface area contributed by atoms with Gasteiger partial charge >= 0.3 is 5.97 Å². The van der Waals surface area contributed by atoms with Crippen LogP contribution < -0.4 is 0 Å². The van der Waals surface area contributed by atoms with Crippen LogP contribution in [-0.2, 0) is 36.2 Å². The number of hydrogen-bond donors (Lipinski definition) is 0. The van der Waals surface area contributed by atoms with Gasteiger partial charge in [0.25, 0.3) is 10.0 Å². The molecule has 2 rings (SSSR count). The van der Waals surface area contributed by atoms with Crippen LogP contribution in [-0.4, -0.2) is 59.1 Å². The topological polar surface area (TPSA) is 114 Å². The van der Waals surface area contributed by atoms with Crippen LogP contribution in [0.2, 0.25) is 0 Å². The summed E-state index contributed by atoms with van der Waals surface area (Å²) < 4.78 is 73.9. The summed E-state index contributed by atoms with van der Waals surface area (Å²) in [6, 6.07) is 7.12. The molecule has 0 saturated heterocycles. The second-order valence-corrected chi connectivity index (χ2v) is 10.7. The number of carbonyl (C=O) groups excluding carboxylic acids is 1. The van der Waals surface area contributed by atoms with E-state index in [1.807, 2.05) is 0 Å². The summed E-state index contributed by atoms with van der Waals surface area (Å²) >= 11 is 0. The zero-order chi connectivity index (χ0) is 22.5. The second-order valence-electron chi connectivity index (χ2n) is 6.55. The van der Waals surface area contributed by atoms with Gasteiger partial charge in [0.15, 0.2) is 0 Å². The number of nitrogens with zero attached hydrogens (tertiary/aromatic N) is 2. The normalized spacial score (nSPS) is 12.5. The van der Waals surface area contributed by atoms with Gasteiger partial charge in [0.2, 0.25) is 15.1 Å². The van der Waals surface area contributed by atoms with E-state index >= 15 is 0 Å². The maximum absolute atomic E-state index is 13.0. The van der Waals surface area contributed by atoms with Gasteiger partial charge in [0, 0.05) is 34.1 Å². The Morgan fingerprint density at radius 2 is 1.63 bits per heavy atom. The largest absolute Gasteiger partial charge is 0.457 e. The average molecular weight is 463 g/mol. The fourth-order valence-corrected chi connectivity index (χ4v) is 4.35. The maximum Gasteiger partial charge on any atom is 0.306 e. The Kier molecular flexibility index (Phi) is 7.75. The van der Waals surface area contributed by atoms with Crippen molar-refractivity contribution >= 4 is 26.0 Å². The molecule has 0 N–H and O–H groups in total. The third-order valence-corrected chi connectivity index (χ3v) is 7.68. The highest BCUT2D eigenvalue weighted by molar-refractivity contribution is 7.89. The second kappa shape index (κ2) is 9.69. The molecular formula is C18H23FN2O7S2. The highest BCUT2D eigenvalue weighted by atomic mass is 32.2. The fraction of sp³-hybridized carbons (Fsp3) is 0.389. The third-order valence-electron chi connectivity index (χ3n) is 4.12. The first kappa shape index (κ1) is 24.0. The van der Waals surface area contributed by atoms with E-state index < -0.39 is 31.8 Å². The minimum absolute atomic E-state index is 0.0460. The summed E-state index contributed by atoms with van der Waals surface area (Å²) in [5, 5.41) is -0.258. The van der Waals surface area contributed by atoms with E-state index in [4.69, 9.17) is 9.15 Å². The Bertz CT molecular complexity index is 1080. The molecule has 1 heterocycles. The first-order valence-corrected chi connectivity index (χ1v) is 11.7. The zero-order valence-electron chi connectivity index (χ0n) is 16.7. The van der Waals surface area contributed by atoms with Crippen molar-refractivity contribution in [2.24, 2.45) is 0 Å². The summed E-state index contributed by atoms with van der Waals surface area (Å²) in [6.45, 7) is -0.188. The van der Waals surface area contributed by atoms with Crippen LogP contribution >= 0.6 is 0 Å². The van der Waals surface area contributed by atoms with Crippen molar-refractivity contribution in [1.29, 1.82) is 0 Å². The number of ether oxygens (including phenoxy) is 1. The van der Waals surface area contributed by atoms with Crippen molar-refractivity contribution in [3.05, 3.63) is 48.0 Å². The van der Waals surface area contributed by atoms with Crippen LogP contribution in [0.25, 0.3) is 0 Å². The number of halogens is 1. The molecule has 0 saturated carbocycles. The quantitative estimate of drug-likeness (QED) is 0.495. The van der Waals surface area contributed by atoms with Gasteiger partial charge in [-0.05, 0) is 42.8 Å². The van der Waals surface area contributed by atoms with E-state index in [0.717, 1.165) is 20.7 Å². The molecule has 0 radical (unpaired) electrons. The first-order valence-electron chi connectivity index (χ1n) is 8.83. The molecule has 0 amide bonds. The molecule has 0 unspecified atom stereocenters. The van der Waals surface area contributed by atoms with E-state index in [9.17, 15) is 26.0 Å². The number of rotatable bonds is 10. The van der Waals surface area contributed by atoms with Crippen LogP contribution in [0, 0.1) is 5.82 Å². The van der Waals surface area contributed by atoms with Crippen molar-refractivity contribution < 1.29 is 35.2 Å². The molecule has 0 spiro atoms. The van der Waals surface area contributed by atoms with E-state index in [0.29, 0.717) is 0 Å². The number of esters is 1. The minimum atomic E-state index is -3.79. The predicted octanol–water partition coefficient (Wildman–Crippen LogP) is 1.81. The van der Waals surface area contributed by atoms with Crippen LogP contribution in [0.5, 0.6) is 0 Å². The molecule has 12 heteroatoms. The maximum atomic E-state index is 13.0. The minimum Gasteiger partial charge on any atom is -0.457 e. The lowest BCUT2D eigenvalue weighted by Crippen LogP contribution is -2.28. The number of benzene rings is 1. The average Bonchev–Trinajstić information content (AvgIpc) is 3.16. The molecule has 9 nitrogen and oxygen atoms in total. The number of sulfonamides is 2. The lowest BCUT2D eigenvalue weighted by Gasteiger charge is -2.16. The summed E-state index contributed by atoms with van der Waals surface area (Å²) in [7, 11) is -3.41. The van der Waals surface area contributed by atoms with Gasteiger partial charge in [-0.1, -0.05) is 0 Å². The molecule has 0 fully saturated rings. The monoisotopic (exact) mass is 462 g/mol.